The summed E-state index contributed by atoms with van der Waals surface area (Å²) in [5.41, 5.74) is 2.95. The Balaban J connectivity index is 1.64. The van der Waals surface area contributed by atoms with Gasteiger partial charge in [-0.3, -0.25) is 4.79 Å². The van der Waals surface area contributed by atoms with E-state index in [9.17, 15) is 13.2 Å². The molecule has 1 aromatic carbocycles. The zero-order valence-electron chi connectivity index (χ0n) is 20.1. The van der Waals surface area contributed by atoms with Gasteiger partial charge in [0.2, 0.25) is 5.88 Å². The van der Waals surface area contributed by atoms with Gasteiger partial charge >= 0.3 is 0 Å². The van der Waals surface area contributed by atoms with E-state index in [1.807, 2.05) is 12.1 Å². The number of carbonyl (C=O) groups excluding carboxylic acids is 1. The number of sulfone groups is 1. The molecule has 0 aliphatic heterocycles. The predicted molar refractivity (Wildman–Crippen MR) is 134 cm³/mol. The summed E-state index contributed by atoms with van der Waals surface area (Å²) >= 11 is 0. The Labute approximate surface area is 205 Å². The molecule has 1 amide bonds. The van der Waals surface area contributed by atoms with Gasteiger partial charge in [-0.05, 0) is 23.8 Å². The third-order valence-electron chi connectivity index (χ3n) is 5.25. The first-order chi connectivity index (χ1) is 16.7. The molecule has 0 saturated carbocycles. The summed E-state index contributed by atoms with van der Waals surface area (Å²) in [6.07, 6.45) is 4.24. The lowest BCUT2D eigenvalue weighted by molar-refractivity contribution is 0.0962. The molecule has 10 nitrogen and oxygen atoms in total. The highest BCUT2D eigenvalue weighted by Crippen LogP contribution is 2.28. The maximum Gasteiger partial charge on any atom is 0.251 e. The average molecular weight is 500 g/mol. The molecule has 0 fully saturated rings. The minimum Gasteiger partial charge on any atom is -0.496 e. The molecule has 0 bridgehead atoms. The molecule has 11 heteroatoms. The molecule has 2 aromatic heterocycles. The van der Waals surface area contributed by atoms with Gasteiger partial charge in [0.05, 0.1) is 18.6 Å². The standard InChI is InChI=1S/C24H29N5O5S/c1-16(19-7-5-17(24(30)25-2)11-21(19)33-3)13-26-22-12-20(28-15-29-22)18-6-8-23(27-14-18)34-9-10-35(4,31)32/h5-8,11-12,14-16H,9-10,13H2,1-4H3,(H,25,30)(H,26,28,29). The number of hydrogen-bond donors (Lipinski definition) is 2. The van der Waals surface area contributed by atoms with Gasteiger partial charge in [-0.15, -0.1) is 0 Å². The summed E-state index contributed by atoms with van der Waals surface area (Å²) in [7, 11) is 0.0815. The molecule has 1 unspecified atom stereocenters. The molecular weight excluding hydrogens is 470 g/mol. The fourth-order valence-corrected chi connectivity index (χ4v) is 3.68. The molecule has 0 radical (unpaired) electrons. The van der Waals surface area contributed by atoms with E-state index in [1.165, 1.54) is 6.33 Å². The van der Waals surface area contributed by atoms with E-state index >= 15 is 0 Å². The first-order valence-electron chi connectivity index (χ1n) is 10.9. The first-order valence-corrected chi connectivity index (χ1v) is 13.0. The van der Waals surface area contributed by atoms with Gasteiger partial charge in [0.1, 0.15) is 24.5 Å². The molecule has 0 aliphatic rings. The van der Waals surface area contributed by atoms with Crippen LogP contribution in [0.4, 0.5) is 5.82 Å². The third kappa shape index (κ3) is 7.38. The number of pyridine rings is 1. The van der Waals surface area contributed by atoms with Crippen LogP contribution in [-0.4, -0.2) is 68.6 Å². The van der Waals surface area contributed by atoms with Crippen molar-refractivity contribution in [3.63, 3.8) is 0 Å². The second kappa shape index (κ2) is 11.6. The highest BCUT2D eigenvalue weighted by atomic mass is 32.2. The van der Waals surface area contributed by atoms with Gasteiger partial charge in [-0.1, -0.05) is 13.0 Å². The van der Waals surface area contributed by atoms with Crippen molar-refractivity contribution in [1.82, 2.24) is 20.3 Å². The number of benzene rings is 1. The second-order valence-electron chi connectivity index (χ2n) is 7.97. The van der Waals surface area contributed by atoms with Crippen LogP contribution < -0.4 is 20.1 Å². The first kappa shape index (κ1) is 25.9. The van der Waals surface area contributed by atoms with Crippen LogP contribution in [-0.2, 0) is 9.84 Å². The van der Waals surface area contributed by atoms with Crippen molar-refractivity contribution in [2.45, 2.75) is 12.8 Å². The summed E-state index contributed by atoms with van der Waals surface area (Å²) < 4.78 is 33.3. The van der Waals surface area contributed by atoms with Gasteiger partial charge in [0.25, 0.3) is 5.91 Å². The zero-order valence-corrected chi connectivity index (χ0v) is 20.9. The third-order valence-corrected chi connectivity index (χ3v) is 6.15. The van der Waals surface area contributed by atoms with Gasteiger partial charge in [-0.2, -0.15) is 0 Å². The van der Waals surface area contributed by atoms with E-state index in [4.69, 9.17) is 9.47 Å². The molecule has 3 aromatic rings. The van der Waals surface area contributed by atoms with E-state index in [0.717, 1.165) is 17.4 Å². The van der Waals surface area contributed by atoms with Crippen molar-refractivity contribution in [2.24, 2.45) is 0 Å². The highest BCUT2D eigenvalue weighted by Gasteiger charge is 2.15. The molecule has 2 N–H and O–H groups in total. The summed E-state index contributed by atoms with van der Waals surface area (Å²) in [6, 6.07) is 10.7. The maximum atomic E-state index is 11.9. The molecule has 186 valence electrons. The van der Waals surface area contributed by atoms with Crippen molar-refractivity contribution in [3.05, 3.63) is 60.0 Å². The molecule has 0 aliphatic carbocycles. The van der Waals surface area contributed by atoms with Gasteiger partial charge in [0, 0.05) is 55.2 Å². The number of carbonyl (C=O) groups is 1. The molecule has 1 atom stereocenters. The van der Waals surface area contributed by atoms with Gasteiger partial charge in [0.15, 0.2) is 9.84 Å². The summed E-state index contributed by atoms with van der Waals surface area (Å²) in [5, 5.41) is 5.93. The minimum atomic E-state index is -3.09. The smallest absolute Gasteiger partial charge is 0.251 e. The van der Waals surface area contributed by atoms with Crippen LogP contribution in [0.25, 0.3) is 11.3 Å². The number of nitrogens with zero attached hydrogens (tertiary/aromatic N) is 3. The van der Waals surface area contributed by atoms with E-state index in [2.05, 4.69) is 32.5 Å². The van der Waals surface area contributed by atoms with Crippen LogP contribution in [0.15, 0.2) is 48.9 Å². The van der Waals surface area contributed by atoms with Crippen LogP contribution in [0.3, 0.4) is 0 Å². The number of ether oxygens (including phenoxy) is 2. The van der Waals surface area contributed by atoms with Crippen molar-refractivity contribution < 1.29 is 22.7 Å². The summed E-state index contributed by atoms with van der Waals surface area (Å²) in [5.74, 6) is 1.48. The number of amides is 1. The van der Waals surface area contributed by atoms with Crippen molar-refractivity contribution >= 4 is 21.6 Å². The molecule has 0 saturated heterocycles. The molecule has 35 heavy (non-hydrogen) atoms. The quantitative estimate of drug-likeness (QED) is 0.408. The van der Waals surface area contributed by atoms with Crippen molar-refractivity contribution in [2.75, 3.05) is 44.6 Å². The Bertz CT molecular complexity index is 1270. The van der Waals surface area contributed by atoms with Crippen molar-refractivity contribution in [1.29, 1.82) is 0 Å². The van der Waals surface area contributed by atoms with Crippen molar-refractivity contribution in [3.8, 4) is 22.9 Å². The largest absolute Gasteiger partial charge is 0.496 e. The van der Waals surface area contributed by atoms with E-state index in [1.54, 1.807) is 44.6 Å². The Kier molecular flexibility index (Phi) is 8.58. The van der Waals surface area contributed by atoms with E-state index < -0.39 is 9.84 Å². The Morgan fingerprint density at radius 3 is 2.57 bits per heavy atom. The number of nitrogens with one attached hydrogen (secondary N) is 2. The monoisotopic (exact) mass is 499 g/mol. The topological polar surface area (TPSA) is 132 Å². The Hall–Kier alpha value is -3.73. The normalized spacial score (nSPS) is 12.0. The SMILES string of the molecule is CNC(=O)c1ccc(C(C)CNc2cc(-c3ccc(OCCS(C)(=O)=O)nc3)ncn2)c(OC)c1. The molecule has 0 spiro atoms. The Morgan fingerprint density at radius 1 is 1.11 bits per heavy atom. The number of aromatic nitrogens is 3. The molecular formula is C24H29N5O5S. The Morgan fingerprint density at radius 2 is 1.91 bits per heavy atom. The van der Waals surface area contributed by atoms with Crippen LogP contribution in [0.5, 0.6) is 11.6 Å². The van der Waals surface area contributed by atoms with Crippen LogP contribution in [0, 0.1) is 0 Å². The second-order valence-corrected chi connectivity index (χ2v) is 10.2. The summed E-state index contributed by atoms with van der Waals surface area (Å²) in [6.45, 7) is 2.68. The highest BCUT2D eigenvalue weighted by molar-refractivity contribution is 7.90. The lowest BCUT2D eigenvalue weighted by Crippen LogP contribution is -2.18. The number of anilines is 1. The number of rotatable bonds is 11. The van der Waals surface area contributed by atoms with E-state index in [0.29, 0.717) is 35.2 Å². The van der Waals surface area contributed by atoms with Gasteiger partial charge < -0.3 is 20.1 Å². The predicted octanol–water partition coefficient (Wildman–Crippen LogP) is 2.55. The van der Waals surface area contributed by atoms with E-state index in [-0.39, 0.29) is 24.2 Å². The molecule has 2 heterocycles. The lowest BCUT2D eigenvalue weighted by atomic mass is 9.98. The maximum absolute atomic E-state index is 11.9. The summed E-state index contributed by atoms with van der Waals surface area (Å²) in [4.78, 5) is 24.7. The van der Waals surface area contributed by atoms with Crippen LogP contribution >= 0.6 is 0 Å². The fourth-order valence-electron chi connectivity index (χ4n) is 3.30. The minimum absolute atomic E-state index is 0.0459. The number of methoxy groups -OCH3 is 1. The number of hydrogen-bond acceptors (Lipinski definition) is 9. The van der Waals surface area contributed by atoms with Crippen LogP contribution in [0.2, 0.25) is 0 Å². The van der Waals surface area contributed by atoms with Crippen LogP contribution in [0.1, 0.15) is 28.8 Å². The zero-order chi connectivity index (χ0) is 25.4. The fraction of sp³-hybridized carbons (Fsp3) is 0.333. The van der Waals surface area contributed by atoms with Gasteiger partial charge in [-0.25, -0.2) is 23.4 Å². The lowest BCUT2D eigenvalue weighted by Gasteiger charge is -2.17. The average Bonchev–Trinajstić information content (AvgIpc) is 2.86. The molecule has 3 rings (SSSR count).